The van der Waals surface area contributed by atoms with Crippen LogP contribution in [0.4, 0.5) is 23.2 Å². The molecule has 0 bridgehead atoms. The second kappa shape index (κ2) is 9.58. The Hall–Kier alpha value is -1.33. The van der Waals surface area contributed by atoms with E-state index in [-0.39, 0.29) is 6.54 Å². The smallest absolute Gasteiger partial charge is 0.253 e. The molecule has 0 aliphatic rings. The summed E-state index contributed by atoms with van der Waals surface area (Å²) in [6.45, 7) is 2.43. The van der Waals surface area contributed by atoms with Gasteiger partial charge in [0, 0.05) is 6.54 Å². The highest BCUT2D eigenvalue weighted by Crippen LogP contribution is 2.22. The molecule has 1 heterocycles. The molecule has 0 atom stereocenters. The van der Waals surface area contributed by atoms with Crippen LogP contribution in [0.25, 0.3) is 0 Å². The lowest BCUT2D eigenvalue weighted by atomic mass is 10.1. The van der Waals surface area contributed by atoms with E-state index in [0.717, 1.165) is 19.3 Å². The number of pyridine rings is 1. The van der Waals surface area contributed by atoms with Gasteiger partial charge in [0.15, 0.2) is 0 Å². The van der Waals surface area contributed by atoms with Crippen LogP contribution >= 0.6 is 0 Å². The average Bonchev–Trinajstić information content (AvgIpc) is 2.46. The van der Waals surface area contributed by atoms with Crippen LogP contribution in [0, 0.1) is 23.5 Å². The third kappa shape index (κ3) is 5.89. The first-order valence-electron chi connectivity index (χ1n) is 7.51. The van der Waals surface area contributed by atoms with Crippen molar-refractivity contribution in [2.24, 2.45) is 0 Å². The summed E-state index contributed by atoms with van der Waals surface area (Å²) in [6, 6.07) is 0. The molecule has 0 radical (unpaired) electrons. The minimum absolute atomic E-state index is 0.270. The van der Waals surface area contributed by atoms with Crippen molar-refractivity contribution in [2.45, 2.75) is 58.3 Å². The highest BCUT2D eigenvalue weighted by atomic mass is 19.2. The van der Waals surface area contributed by atoms with Gasteiger partial charge in [0.2, 0.25) is 11.6 Å². The fourth-order valence-corrected chi connectivity index (χ4v) is 2.11. The van der Waals surface area contributed by atoms with E-state index in [1.54, 1.807) is 0 Å². The number of nitrogens with zero attached hydrogens (tertiary/aromatic N) is 1. The van der Waals surface area contributed by atoms with Crippen LogP contribution in [0.3, 0.4) is 0 Å². The summed E-state index contributed by atoms with van der Waals surface area (Å²) in [5, 5.41) is 2.40. The minimum Gasteiger partial charge on any atom is -0.380 e. The van der Waals surface area contributed by atoms with Crippen LogP contribution in [0.2, 0.25) is 0 Å². The molecule has 0 saturated carbocycles. The SMILES string of the molecule is CCCCCCCCCCNc1c(F)c(F)nc(F)c1F. The van der Waals surface area contributed by atoms with E-state index in [1.807, 2.05) is 0 Å². The van der Waals surface area contributed by atoms with E-state index in [4.69, 9.17) is 0 Å². The van der Waals surface area contributed by atoms with Crippen molar-refractivity contribution < 1.29 is 17.6 Å². The largest absolute Gasteiger partial charge is 0.380 e. The molecule has 0 aromatic carbocycles. The molecule has 0 spiro atoms. The minimum atomic E-state index is -1.63. The van der Waals surface area contributed by atoms with Crippen molar-refractivity contribution in [1.82, 2.24) is 4.98 Å². The zero-order valence-corrected chi connectivity index (χ0v) is 12.3. The Balaban J connectivity index is 2.24. The molecule has 21 heavy (non-hydrogen) atoms. The quantitative estimate of drug-likeness (QED) is 0.365. The molecule has 0 unspecified atom stereocenters. The van der Waals surface area contributed by atoms with Crippen LogP contribution in [0.15, 0.2) is 0 Å². The second-order valence-electron chi connectivity index (χ2n) is 5.10. The number of nitrogens with one attached hydrogen (secondary N) is 1. The fourth-order valence-electron chi connectivity index (χ4n) is 2.11. The van der Waals surface area contributed by atoms with E-state index < -0.39 is 29.2 Å². The van der Waals surface area contributed by atoms with Gasteiger partial charge in [0.1, 0.15) is 5.69 Å². The number of rotatable bonds is 10. The Kier molecular flexibility index (Phi) is 8.08. The third-order valence-corrected chi connectivity index (χ3v) is 3.33. The number of hydrogen-bond acceptors (Lipinski definition) is 2. The van der Waals surface area contributed by atoms with E-state index >= 15 is 0 Å². The summed E-state index contributed by atoms with van der Waals surface area (Å²) < 4.78 is 52.3. The molecule has 1 rings (SSSR count). The van der Waals surface area contributed by atoms with E-state index in [2.05, 4.69) is 17.2 Å². The molecule has 2 nitrogen and oxygen atoms in total. The highest BCUT2D eigenvalue weighted by molar-refractivity contribution is 5.45. The standard InChI is InChI=1S/C15H22F4N2/c1-2-3-4-5-6-7-8-9-10-20-13-11(16)14(18)21-15(19)12(13)17/h2-10H2,1H3,(H,20,21). The lowest BCUT2D eigenvalue weighted by Crippen LogP contribution is -2.10. The van der Waals surface area contributed by atoms with Crippen LogP contribution in [-0.2, 0) is 0 Å². The topological polar surface area (TPSA) is 24.9 Å². The molecule has 120 valence electrons. The summed E-state index contributed by atoms with van der Waals surface area (Å²) in [5.74, 6) is -6.22. The van der Waals surface area contributed by atoms with Gasteiger partial charge in [-0.15, -0.1) is 0 Å². The monoisotopic (exact) mass is 306 g/mol. The average molecular weight is 306 g/mol. The molecular weight excluding hydrogens is 284 g/mol. The van der Waals surface area contributed by atoms with Gasteiger partial charge >= 0.3 is 0 Å². The Labute approximate surface area is 123 Å². The van der Waals surface area contributed by atoms with Gasteiger partial charge in [-0.3, -0.25) is 0 Å². The summed E-state index contributed by atoms with van der Waals surface area (Å²) in [6.07, 6.45) is 8.69. The van der Waals surface area contributed by atoms with E-state index in [1.165, 1.54) is 25.7 Å². The number of halogens is 4. The first-order chi connectivity index (χ1) is 10.1. The Morgan fingerprint density at radius 2 is 1.24 bits per heavy atom. The molecular formula is C15H22F4N2. The first kappa shape index (κ1) is 17.7. The van der Waals surface area contributed by atoms with Gasteiger partial charge < -0.3 is 5.32 Å². The predicted octanol–water partition coefficient (Wildman–Crippen LogP) is 5.19. The van der Waals surface area contributed by atoms with Crippen LogP contribution in [-0.4, -0.2) is 11.5 Å². The molecule has 0 aliphatic carbocycles. The zero-order chi connectivity index (χ0) is 15.7. The Morgan fingerprint density at radius 3 is 1.76 bits per heavy atom. The number of unbranched alkanes of at least 4 members (excludes halogenated alkanes) is 7. The number of hydrogen-bond donors (Lipinski definition) is 1. The number of anilines is 1. The van der Waals surface area contributed by atoms with Gasteiger partial charge in [0.25, 0.3) is 11.9 Å². The molecule has 0 aliphatic heterocycles. The van der Waals surface area contributed by atoms with Gasteiger partial charge in [-0.1, -0.05) is 51.9 Å². The molecule has 0 amide bonds. The Morgan fingerprint density at radius 1 is 0.762 bits per heavy atom. The van der Waals surface area contributed by atoms with E-state index in [0.29, 0.717) is 6.42 Å². The summed E-state index contributed by atoms with van der Waals surface area (Å²) in [4.78, 5) is 2.50. The van der Waals surface area contributed by atoms with Crippen LogP contribution < -0.4 is 5.32 Å². The zero-order valence-electron chi connectivity index (χ0n) is 12.3. The normalized spacial score (nSPS) is 10.9. The maximum absolute atomic E-state index is 13.3. The summed E-state index contributed by atoms with van der Waals surface area (Å²) >= 11 is 0. The second-order valence-corrected chi connectivity index (χ2v) is 5.10. The molecule has 1 N–H and O–H groups in total. The van der Waals surface area contributed by atoms with Gasteiger partial charge in [-0.2, -0.15) is 22.5 Å². The number of aromatic nitrogens is 1. The van der Waals surface area contributed by atoms with Crippen LogP contribution in [0.5, 0.6) is 0 Å². The van der Waals surface area contributed by atoms with E-state index in [9.17, 15) is 17.6 Å². The van der Waals surface area contributed by atoms with Crippen LogP contribution in [0.1, 0.15) is 58.3 Å². The maximum Gasteiger partial charge on any atom is 0.253 e. The van der Waals surface area contributed by atoms with Crippen molar-refractivity contribution in [3.05, 3.63) is 23.5 Å². The van der Waals surface area contributed by atoms with Crippen molar-refractivity contribution in [3.63, 3.8) is 0 Å². The molecule has 0 fully saturated rings. The third-order valence-electron chi connectivity index (χ3n) is 3.33. The Bertz CT molecular complexity index is 412. The van der Waals surface area contributed by atoms with Gasteiger partial charge in [-0.05, 0) is 6.42 Å². The summed E-state index contributed by atoms with van der Waals surface area (Å²) in [5.41, 5.74) is -0.775. The lowest BCUT2D eigenvalue weighted by molar-refractivity contribution is 0.410. The molecule has 1 aromatic heterocycles. The fraction of sp³-hybridized carbons (Fsp3) is 0.667. The lowest BCUT2D eigenvalue weighted by Gasteiger charge is -2.09. The first-order valence-corrected chi connectivity index (χ1v) is 7.51. The van der Waals surface area contributed by atoms with Crippen molar-refractivity contribution in [2.75, 3.05) is 11.9 Å². The van der Waals surface area contributed by atoms with Gasteiger partial charge in [-0.25, -0.2) is 0 Å². The van der Waals surface area contributed by atoms with Crippen molar-refractivity contribution in [1.29, 1.82) is 0 Å². The van der Waals surface area contributed by atoms with Crippen molar-refractivity contribution >= 4 is 5.69 Å². The molecule has 6 heteroatoms. The predicted molar refractivity (Wildman–Crippen MR) is 75.2 cm³/mol. The highest BCUT2D eigenvalue weighted by Gasteiger charge is 2.19. The van der Waals surface area contributed by atoms with Gasteiger partial charge in [0.05, 0.1) is 0 Å². The van der Waals surface area contributed by atoms with Crippen molar-refractivity contribution in [3.8, 4) is 0 Å². The molecule has 1 aromatic rings. The molecule has 0 saturated heterocycles. The maximum atomic E-state index is 13.3. The summed E-state index contributed by atoms with van der Waals surface area (Å²) in [7, 11) is 0.